The molecular weight excluding hydrogens is 324 g/mol. The molecule has 112 valence electrons. The minimum atomic E-state index is -3.55. The van der Waals surface area contributed by atoms with Gasteiger partial charge >= 0.3 is 0 Å². The van der Waals surface area contributed by atoms with E-state index in [2.05, 4.69) is 4.72 Å². The highest BCUT2D eigenvalue weighted by Crippen LogP contribution is 2.19. The minimum absolute atomic E-state index is 0.246. The van der Waals surface area contributed by atoms with Crippen LogP contribution >= 0.6 is 23.6 Å². The van der Waals surface area contributed by atoms with Crippen molar-refractivity contribution in [1.82, 2.24) is 4.72 Å². The number of nitrogens with one attached hydrogen (secondary N) is 1. The SMILES string of the molecule is Cc1ccc(CNS(=O)(=O)c2ccc(C(N)=S)cc2C)s1. The number of nitrogens with two attached hydrogens (primary N) is 1. The highest BCUT2D eigenvalue weighted by Gasteiger charge is 2.17. The lowest BCUT2D eigenvalue weighted by molar-refractivity contribution is 0.581. The van der Waals surface area contributed by atoms with Crippen LogP contribution in [0.1, 0.15) is 20.9 Å². The Balaban J connectivity index is 2.21. The molecule has 0 saturated heterocycles. The van der Waals surface area contributed by atoms with Gasteiger partial charge < -0.3 is 5.73 Å². The number of aryl methyl sites for hydroxylation is 2. The number of sulfonamides is 1. The number of hydrogen-bond acceptors (Lipinski definition) is 4. The van der Waals surface area contributed by atoms with Crippen LogP contribution in [0.25, 0.3) is 0 Å². The van der Waals surface area contributed by atoms with Crippen molar-refractivity contribution in [2.75, 3.05) is 0 Å². The van der Waals surface area contributed by atoms with E-state index in [0.717, 1.165) is 9.75 Å². The van der Waals surface area contributed by atoms with E-state index in [1.54, 1.807) is 30.4 Å². The highest BCUT2D eigenvalue weighted by atomic mass is 32.2. The van der Waals surface area contributed by atoms with Crippen molar-refractivity contribution >= 4 is 38.6 Å². The Labute approximate surface area is 134 Å². The van der Waals surface area contributed by atoms with Crippen molar-refractivity contribution in [2.45, 2.75) is 25.3 Å². The van der Waals surface area contributed by atoms with Crippen LogP contribution in [0.5, 0.6) is 0 Å². The summed E-state index contributed by atoms with van der Waals surface area (Å²) in [5, 5.41) is 0. The Morgan fingerprint density at radius 1 is 1.29 bits per heavy atom. The van der Waals surface area contributed by atoms with E-state index in [-0.39, 0.29) is 16.4 Å². The van der Waals surface area contributed by atoms with Crippen LogP contribution in [0.2, 0.25) is 0 Å². The van der Waals surface area contributed by atoms with Crippen molar-refractivity contribution in [3.8, 4) is 0 Å². The van der Waals surface area contributed by atoms with E-state index in [9.17, 15) is 8.42 Å². The molecule has 0 saturated carbocycles. The molecular formula is C14H16N2O2S3. The van der Waals surface area contributed by atoms with Gasteiger partial charge in [0.1, 0.15) is 4.99 Å². The lowest BCUT2D eigenvalue weighted by Gasteiger charge is -2.10. The summed E-state index contributed by atoms with van der Waals surface area (Å²) in [6, 6.07) is 8.74. The first-order valence-electron chi connectivity index (χ1n) is 6.25. The van der Waals surface area contributed by atoms with Crippen LogP contribution in [0.15, 0.2) is 35.2 Å². The smallest absolute Gasteiger partial charge is 0.241 e. The number of hydrogen-bond donors (Lipinski definition) is 2. The molecule has 0 atom stereocenters. The molecule has 0 fully saturated rings. The molecule has 21 heavy (non-hydrogen) atoms. The van der Waals surface area contributed by atoms with Gasteiger partial charge in [-0.15, -0.1) is 11.3 Å². The summed E-state index contributed by atoms with van der Waals surface area (Å²) in [5.41, 5.74) is 6.83. The zero-order valence-corrected chi connectivity index (χ0v) is 14.2. The number of thiophene rings is 1. The maximum absolute atomic E-state index is 12.3. The van der Waals surface area contributed by atoms with Gasteiger partial charge in [0.2, 0.25) is 10.0 Å². The van der Waals surface area contributed by atoms with Crippen LogP contribution < -0.4 is 10.5 Å². The van der Waals surface area contributed by atoms with Gasteiger partial charge in [0.15, 0.2) is 0 Å². The summed E-state index contributed by atoms with van der Waals surface area (Å²) in [7, 11) is -3.55. The standard InChI is InChI=1S/C14H16N2O2S3/c1-9-7-11(14(15)19)4-6-13(9)21(17,18)16-8-12-5-3-10(2)20-12/h3-7,16H,8H2,1-2H3,(H2,15,19). The Hall–Kier alpha value is -1.28. The van der Waals surface area contributed by atoms with Gasteiger partial charge in [0, 0.05) is 21.9 Å². The predicted octanol–water partition coefficient (Wildman–Crippen LogP) is 2.48. The molecule has 0 radical (unpaired) electrons. The molecule has 1 aromatic heterocycles. The van der Waals surface area contributed by atoms with Crippen LogP contribution in [0.3, 0.4) is 0 Å². The first kappa shape index (κ1) is 16.1. The summed E-state index contributed by atoms with van der Waals surface area (Å²) in [5.74, 6) is 0. The van der Waals surface area contributed by atoms with E-state index in [1.807, 2.05) is 19.1 Å². The van der Waals surface area contributed by atoms with Gasteiger partial charge in [-0.3, -0.25) is 0 Å². The van der Waals surface area contributed by atoms with E-state index < -0.39 is 10.0 Å². The van der Waals surface area contributed by atoms with Gasteiger partial charge in [-0.05, 0) is 43.7 Å². The molecule has 0 aliphatic heterocycles. The third kappa shape index (κ3) is 3.88. The van der Waals surface area contributed by atoms with Crippen LogP contribution in [-0.4, -0.2) is 13.4 Å². The fraction of sp³-hybridized carbons (Fsp3) is 0.214. The van der Waals surface area contributed by atoms with E-state index >= 15 is 0 Å². The summed E-state index contributed by atoms with van der Waals surface area (Å²) < 4.78 is 27.3. The third-order valence-electron chi connectivity index (χ3n) is 2.98. The van der Waals surface area contributed by atoms with E-state index in [4.69, 9.17) is 18.0 Å². The quantitative estimate of drug-likeness (QED) is 0.820. The number of thiocarbonyl (C=S) groups is 1. The average molecular weight is 340 g/mol. The Kier molecular flexibility index (Phi) is 4.77. The minimum Gasteiger partial charge on any atom is -0.389 e. The zero-order valence-electron chi connectivity index (χ0n) is 11.7. The summed E-state index contributed by atoms with van der Waals surface area (Å²) >= 11 is 6.46. The molecule has 0 unspecified atom stereocenters. The third-order valence-corrected chi connectivity index (χ3v) is 5.78. The molecule has 7 heteroatoms. The molecule has 0 bridgehead atoms. The maximum Gasteiger partial charge on any atom is 0.241 e. The first-order chi connectivity index (χ1) is 9.79. The van der Waals surface area contributed by atoms with Crippen molar-refractivity contribution in [2.24, 2.45) is 5.73 Å². The van der Waals surface area contributed by atoms with E-state index in [1.165, 1.54) is 6.07 Å². The lowest BCUT2D eigenvalue weighted by atomic mass is 10.1. The molecule has 1 aromatic carbocycles. The van der Waals surface area contributed by atoms with Gasteiger partial charge in [-0.1, -0.05) is 18.3 Å². The molecule has 2 rings (SSSR count). The first-order valence-corrected chi connectivity index (χ1v) is 8.96. The average Bonchev–Trinajstić information content (AvgIpc) is 2.82. The summed E-state index contributed by atoms with van der Waals surface area (Å²) in [4.78, 5) is 2.63. The Morgan fingerprint density at radius 3 is 2.52 bits per heavy atom. The van der Waals surface area contributed by atoms with Crippen molar-refractivity contribution < 1.29 is 8.42 Å². The lowest BCUT2D eigenvalue weighted by Crippen LogP contribution is -2.24. The Bertz CT molecular complexity index is 779. The summed E-state index contributed by atoms with van der Waals surface area (Å²) in [6.45, 7) is 4.00. The van der Waals surface area contributed by atoms with Crippen molar-refractivity contribution in [1.29, 1.82) is 0 Å². The number of rotatable bonds is 5. The van der Waals surface area contributed by atoms with E-state index in [0.29, 0.717) is 11.1 Å². The molecule has 1 heterocycles. The monoisotopic (exact) mass is 340 g/mol. The van der Waals surface area contributed by atoms with Crippen molar-refractivity contribution in [3.63, 3.8) is 0 Å². The fourth-order valence-corrected chi connectivity index (χ4v) is 4.21. The van der Waals surface area contributed by atoms with Gasteiger partial charge in [0.05, 0.1) is 4.90 Å². The largest absolute Gasteiger partial charge is 0.389 e. The van der Waals surface area contributed by atoms with Crippen molar-refractivity contribution in [3.05, 3.63) is 51.2 Å². The normalized spacial score (nSPS) is 11.5. The second-order valence-corrected chi connectivity index (χ2v) is 8.23. The second kappa shape index (κ2) is 6.23. The highest BCUT2D eigenvalue weighted by molar-refractivity contribution is 7.89. The molecule has 4 nitrogen and oxygen atoms in total. The molecule has 2 aromatic rings. The molecule has 0 spiro atoms. The van der Waals surface area contributed by atoms with Gasteiger partial charge in [0.25, 0.3) is 0 Å². The Morgan fingerprint density at radius 2 is 2.00 bits per heavy atom. The second-order valence-electron chi connectivity index (χ2n) is 4.68. The zero-order chi connectivity index (χ0) is 15.6. The topological polar surface area (TPSA) is 72.2 Å². The molecule has 0 aliphatic carbocycles. The van der Waals surface area contributed by atoms with Crippen LogP contribution in [-0.2, 0) is 16.6 Å². The maximum atomic E-state index is 12.3. The molecule has 0 amide bonds. The predicted molar refractivity (Wildman–Crippen MR) is 90.1 cm³/mol. The van der Waals surface area contributed by atoms with Crippen LogP contribution in [0, 0.1) is 13.8 Å². The van der Waals surface area contributed by atoms with Gasteiger partial charge in [-0.2, -0.15) is 0 Å². The summed E-state index contributed by atoms with van der Waals surface area (Å²) in [6.07, 6.45) is 0. The molecule has 3 N–H and O–H groups in total. The van der Waals surface area contributed by atoms with Crippen LogP contribution in [0.4, 0.5) is 0 Å². The number of benzene rings is 1. The van der Waals surface area contributed by atoms with Gasteiger partial charge in [-0.25, -0.2) is 13.1 Å². The fourth-order valence-electron chi connectivity index (χ4n) is 1.93. The molecule has 0 aliphatic rings.